The number of carbonyl (C=O) groups is 1. The molecule has 82 valence electrons. The fraction of sp³-hybridized carbons (Fsp3) is 0.364. The molecular weight excluding hydrogens is 263 g/mol. The molecule has 0 atom stereocenters. The predicted octanol–water partition coefficient (Wildman–Crippen LogP) is 2.47. The molecule has 0 saturated heterocycles. The van der Waals surface area contributed by atoms with E-state index >= 15 is 0 Å². The summed E-state index contributed by atoms with van der Waals surface area (Å²) < 4.78 is 13.2. The van der Waals surface area contributed by atoms with E-state index < -0.39 is 0 Å². The van der Waals surface area contributed by atoms with Crippen LogP contribution in [0, 0.1) is 5.82 Å². The predicted molar refractivity (Wildman–Crippen MR) is 59.1 cm³/mol. The van der Waals surface area contributed by atoms with Gasteiger partial charge in [0.25, 0.3) is 0 Å². The first-order chi connectivity index (χ1) is 7.13. The van der Waals surface area contributed by atoms with Crippen LogP contribution in [0.4, 0.5) is 4.39 Å². The number of Topliss-reactive ketones (excluding diaryl/α,β-unsaturated/α-hetero) is 1. The number of benzene rings is 1. The van der Waals surface area contributed by atoms with Crippen molar-refractivity contribution in [2.45, 2.75) is 19.3 Å². The molecule has 1 rings (SSSR count). The molecular formula is C11H12BrFO2. The zero-order valence-electron chi connectivity index (χ0n) is 8.17. The normalized spacial score (nSPS) is 10.3. The number of ketones is 1. The van der Waals surface area contributed by atoms with Crippen molar-refractivity contribution in [3.63, 3.8) is 0 Å². The minimum atomic E-state index is -0.332. The van der Waals surface area contributed by atoms with Gasteiger partial charge < -0.3 is 5.11 Å². The fourth-order valence-corrected chi connectivity index (χ4v) is 1.67. The van der Waals surface area contributed by atoms with Gasteiger partial charge in [0, 0.05) is 19.4 Å². The minimum absolute atomic E-state index is 0.0266. The highest BCUT2D eigenvalue weighted by molar-refractivity contribution is 9.10. The molecule has 0 aromatic heterocycles. The highest BCUT2D eigenvalue weighted by Crippen LogP contribution is 2.17. The maximum atomic E-state index is 12.9. The largest absolute Gasteiger partial charge is 0.396 e. The third kappa shape index (κ3) is 4.10. The van der Waals surface area contributed by atoms with Crippen LogP contribution < -0.4 is 0 Å². The first-order valence-corrected chi connectivity index (χ1v) is 5.49. The van der Waals surface area contributed by atoms with E-state index in [1.807, 2.05) is 0 Å². The Kier molecular flexibility index (Phi) is 4.91. The quantitative estimate of drug-likeness (QED) is 0.896. The van der Waals surface area contributed by atoms with E-state index in [1.54, 1.807) is 12.1 Å². The summed E-state index contributed by atoms with van der Waals surface area (Å²) in [5.41, 5.74) is 0.784. The lowest BCUT2D eigenvalue weighted by atomic mass is 10.1. The summed E-state index contributed by atoms with van der Waals surface area (Å²) in [6.45, 7) is 0.0266. The van der Waals surface area contributed by atoms with Gasteiger partial charge in [0.1, 0.15) is 11.6 Å². The van der Waals surface area contributed by atoms with Gasteiger partial charge in [0.15, 0.2) is 0 Å². The Morgan fingerprint density at radius 1 is 1.47 bits per heavy atom. The monoisotopic (exact) mass is 274 g/mol. The van der Waals surface area contributed by atoms with Gasteiger partial charge in [-0.25, -0.2) is 4.39 Å². The van der Waals surface area contributed by atoms with Gasteiger partial charge >= 0.3 is 0 Å². The Morgan fingerprint density at radius 2 is 2.20 bits per heavy atom. The van der Waals surface area contributed by atoms with Crippen molar-refractivity contribution in [2.24, 2.45) is 0 Å². The van der Waals surface area contributed by atoms with Crippen molar-refractivity contribution < 1.29 is 14.3 Å². The summed E-state index contributed by atoms with van der Waals surface area (Å²) in [5.74, 6) is -0.274. The van der Waals surface area contributed by atoms with Crippen LogP contribution in [0.15, 0.2) is 22.7 Å². The molecule has 0 radical (unpaired) electrons. The number of rotatable bonds is 5. The van der Waals surface area contributed by atoms with E-state index in [9.17, 15) is 9.18 Å². The van der Waals surface area contributed by atoms with Crippen molar-refractivity contribution in [1.82, 2.24) is 0 Å². The molecule has 0 fully saturated rings. The van der Waals surface area contributed by atoms with E-state index in [4.69, 9.17) is 5.11 Å². The fourth-order valence-electron chi connectivity index (χ4n) is 1.24. The van der Waals surface area contributed by atoms with E-state index in [0.29, 0.717) is 23.7 Å². The lowest BCUT2D eigenvalue weighted by molar-refractivity contribution is -0.118. The third-order valence-electron chi connectivity index (χ3n) is 2.00. The average molecular weight is 275 g/mol. The van der Waals surface area contributed by atoms with Gasteiger partial charge in [0.05, 0.1) is 4.47 Å². The summed E-state index contributed by atoms with van der Waals surface area (Å²) in [5, 5.41) is 8.55. The SMILES string of the molecule is O=C(CCCO)Cc1ccc(F)c(Br)c1. The maximum absolute atomic E-state index is 12.9. The molecule has 0 amide bonds. The number of carbonyl (C=O) groups excluding carboxylic acids is 1. The number of aliphatic hydroxyl groups is 1. The van der Waals surface area contributed by atoms with Crippen LogP contribution in [0.2, 0.25) is 0 Å². The lowest BCUT2D eigenvalue weighted by Crippen LogP contribution is -2.03. The lowest BCUT2D eigenvalue weighted by Gasteiger charge is -2.02. The molecule has 4 heteroatoms. The third-order valence-corrected chi connectivity index (χ3v) is 2.61. The van der Waals surface area contributed by atoms with Crippen LogP contribution in [-0.4, -0.2) is 17.5 Å². The Hall–Kier alpha value is -0.740. The highest BCUT2D eigenvalue weighted by Gasteiger charge is 2.05. The summed E-state index contributed by atoms with van der Waals surface area (Å²) in [6.07, 6.45) is 1.14. The summed E-state index contributed by atoms with van der Waals surface area (Å²) in [4.78, 5) is 11.3. The maximum Gasteiger partial charge on any atom is 0.137 e. The topological polar surface area (TPSA) is 37.3 Å². The summed E-state index contributed by atoms with van der Waals surface area (Å²) in [7, 11) is 0. The van der Waals surface area contributed by atoms with E-state index in [-0.39, 0.29) is 18.2 Å². The molecule has 15 heavy (non-hydrogen) atoms. The van der Waals surface area contributed by atoms with Crippen molar-refractivity contribution in [2.75, 3.05) is 6.61 Å². The van der Waals surface area contributed by atoms with Crippen LogP contribution in [0.5, 0.6) is 0 Å². The molecule has 1 aromatic carbocycles. The zero-order chi connectivity index (χ0) is 11.3. The van der Waals surface area contributed by atoms with E-state index in [1.165, 1.54) is 6.07 Å². The Labute approximate surface area is 96.2 Å². The molecule has 0 aliphatic heterocycles. The van der Waals surface area contributed by atoms with Crippen molar-refractivity contribution in [1.29, 1.82) is 0 Å². The summed E-state index contributed by atoms with van der Waals surface area (Å²) in [6, 6.07) is 4.53. The second-order valence-electron chi connectivity index (χ2n) is 3.29. The number of hydrogen-bond donors (Lipinski definition) is 1. The average Bonchev–Trinajstić information content (AvgIpc) is 2.20. The molecule has 0 spiro atoms. The summed E-state index contributed by atoms with van der Waals surface area (Å²) >= 11 is 3.06. The molecule has 1 N–H and O–H groups in total. The first-order valence-electron chi connectivity index (χ1n) is 4.70. The molecule has 2 nitrogen and oxygen atoms in total. The van der Waals surface area contributed by atoms with Crippen molar-refractivity contribution in [3.05, 3.63) is 34.1 Å². The number of hydrogen-bond acceptors (Lipinski definition) is 2. The molecule has 0 saturated carbocycles. The molecule has 0 unspecified atom stereocenters. The van der Waals surface area contributed by atoms with Crippen LogP contribution in [0.25, 0.3) is 0 Å². The number of aliphatic hydroxyl groups excluding tert-OH is 1. The molecule has 0 aliphatic carbocycles. The highest BCUT2D eigenvalue weighted by atomic mass is 79.9. The standard InChI is InChI=1S/C11H12BrFO2/c12-10-7-8(3-4-11(10)13)6-9(15)2-1-5-14/h3-4,7,14H,1-2,5-6H2. The van der Waals surface area contributed by atoms with Crippen LogP contribution >= 0.6 is 15.9 Å². The minimum Gasteiger partial charge on any atom is -0.396 e. The van der Waals surface area contributed by atoms with Gasteiger partial charge in [-0.3, -0.25) is 4.79 Å². The second-order valence-corrected chi connectivity index (χ2v) is 4.15. The van der Waals surface area contributed by atoms with Crippen molar-refractivity contribution in [3.8, 4) is 0 Å². The van der Waals surface area contributed by atoms with Crippen LogP contribution in [0.3, 0.4) is 0 Å². The smallest absolute Gasteiger partial charge is 0.137 e. The van der Waals surface area contributed by atoms with E-state index in [2.05, 4.69) is 15.9 Å². The molecule has 0 aliphatic rings. The van der Waals surface area contributed by atoms with Gasteiger partial charge in [0.2, 0.25) is 0 Å². The second kappa shape index (κ2) is 5.98. The van der Waals surface area contributed by atoms with Gasteiger partial charge in [-0.15, -0.1) is 0 Å². The zero-order valence-corrected chi connectivity index (χ0v) is 9.76. The van der Waals surface area contributed by atoms with E-state index in [0.717, 1.165) is 5.56 Å². The van der Waals surface area contributed by atoms with Crippen LogP contribution in [-0.2, 0) is 11.2 Å². The van der Waals surface area contributed by atoms with Gasteiger partial charge in [-0.05, 0) is 40.0 Å². The Morgan fingerprint density at radius 3 is 2.80 bits per heavy atom. The van der Waals surface area contributed by atoms with Crippen molar-refractivity contribution >= 4 is 21.7 Å². The number of halogens is 2. The van der Waals surface area contributed by atoms with Gasteiger partial charge in [-0.1, -0.05) is 6.07 Å². The van der Waals surface area contributed by atoms with Gasteiger partial charge in [-0.2, -0.15) is 0 Å². The molecule has 0 bridgehead atoms. The molecule has 1 aromatic rings. The Bertz CT molecular complexity index is 352. The van der Waals surface area contributed by atoms with Crippen LogP contribution in [0.1, 0.15) is 18.4 Å². The Balaban J connectivity index is 2.57. The molecule has 0 heterocycles. The first kappa shape index (κ1) is 12.3.